The summed E-state index contributed by atoms with van der Waals surface area (Å²) in [6.07, 6.45) is 2.87. The molecule has 1 N–H and O–H groups in total. The molecule has 0 aliphatic heterocycles. The minimum Gasteiger partial charge on any atom is -0.329 e. The molecule has 6 nitrogen and oxygen atoms in total. The quantitative estimate of drug-likeness (QED) is 0.376. The summed E-state index contributed by atoms with van der Waals surface area (Å²) in [6.45, 7) is 8.77. The van der Waals surface area contributed by atoms with Crippen molar-refractivity contribution in [2.24, 2.45) is 0 Å². The molecule has 0 aliphatic carbocycles. The Morgan fingerprint density at radius 1 is 1.03 bits per heavy atom. The highest BCUT2D eigenvalue weighted by Gasteiger charge is 2.24. The zero-order valence-electron chi connectivity index (χ0n) is 20.3. The second-order valence-electron chi connectivity index (χ2n) is 9.38. The first kappa shape index (κ1) is 25.5. The van der Waals surface area contributed by atoms with Crippen LogP contribution in [0.5, 0.6) is 0 Å². The van der Waals surface area contributed by atoms with E-state index in [0.717, 1.165) is 25.0 Å². The van der Waals surface area contributed by atoms with Crippen LogP contribution in [-0.2, 0) is 10.2 Å². The van der Waals surface area contributed by atoms with Crippen LogP contribution in [0.3, 0.4) is 0 Å². The largest absolute Gasteiger partial charge is 0.329 e. The van der Waals surface area contributed by atoms with E-state index in [0.29, 0.717) is 28.6 Å². The van der Waals surface area contributed by atoms with E-state index in [2.05, 4.69) is 33.0 Å². The predicted octanol–water partition coefficient (Wildman–Crippen LogP) is 6.09. The van der Waals surface area contributed by atoms with E-state index in [4.69, 9.17) is 16.7 Å². The lowest BCUT2D eigenvalue weighted by molar-refractivity contribution is -0.117. The van der Waals surface area contributed by atoms with Gasteiger partial charge in [-0.3, -0.25) is 9.59 Å². The zero-order chi connectivity index (χ0) is 24.7. The first-order chi connectivity index (χ1) is 16.2. The maximum atomic E-state index is 13.1. The first-order valence-electron chi connectivity index (χ1n) is 11.7. The molecule has 34 heavy (non-hydrogen) atoms. The van der Waals surface area contributed by atoms with E-state index in [9.17, 15) is 9.59 Å². The van der Waals surface area contributed by atoms with Gasteiger partial charge in [0, 0.05) is 23.6 Å². The molecule has 1 aromatic heterocycles. The average Bonchev–Trinajstić information content (AvgIpc) is 3.23. The summed E-state index contributed by atoms with van der Waals surface area (Å²) in [5.74, 6) is 0.0833. The number of hydrogen-bond donors (Lipinski definition) is 1. The number of rotatable bonds is 9. The fourth-order valence-electron chi connectivity index (χ4n) is 3.57. The smallest absolute Gasteiger partial charge is 0.254 e. The number of amides is 2. The lowest BCUT2D eigenvalue weighted by Crippen LogP contribution is -2.39. The molecule has 3 aromatic rings. The predicted molar refractivity (Wildman–Crippen MR) is 138 cm³/mol. The minimum atomic E-state index is -0.283. The number of benzene rings is 2. The second kappa shape index (κ2) is 11.3. The summed E-state index contributed by atoms with van der Waals surface area (Å²) < 4.78 is 1.65. The fraction of sp³-hybridized carbons (Fsp3) is 0.370. The molecule has 0 spiro atoms. The molecule has 0 saturated carbocycles. The molecule has 0 bridgehead atoms. The maximum absolute atomic E-state index is 13.1. The number of carbonyl (C=O) groups excluding carboxylic acids is 2. The van der Waals surface area contributed by atoms with Crippen molar-refractivity contribution in [1.29, 1.82) is 0 Å². The van der Waals surface area contributed by atoms with Gasteiger partial charge in [0.05, 0.1) is 16.4 Å². The van der Waals surface area contributed by atoms with Crippen LogP contribution in [0.1, 0.15) is 63.0 Å². The highest BCUT2D eigenvalue weighted by Crippen LogP contribution is 2.29. The van der Waals surface area contributed by atoms with Crippen LogP contribution in [0.15, 0.2) is 60.7 Å². The third kappa shape index (κ3) is 6.48. The number of nitrogens with zero attached hydrogens (tertiary/aromatic N) is 3. The lowest BCUT2D eigenvalue weighted by Gasteiger charge is -2.22. The van der Waals surface area contributed by atoms with E-state index in [1.54, 1.807) is 27.8 Å². The van der Waals surface area contributed by atoms with E-state index in [-0.39, 0.29) is 23.8 Å². The van der Waals surface area contributed by atoms with Crippen LogP contribution in [0.4, 0.5) is 5.82 Å². The Bertz CT molecular complexity index is 1120. The molecule has 7 heteroatoms. The van der Waals surface area contributed by atoms with Gasteiger partial charge in [0.25, 0.3) is 5.91 Å². The molecule has 0 saturated heterocycles. The van der Waals surface area contributed by atoms with Crippen molar-refractivity contribution in [2.45, 2.75) is 52.4 Å². The van der Waals surface area contributed by atoms with Crippen molar-refractivity contribution in [3.63, 3.8) is 0 Å². The van der Waals surface area contributed by atoms with Gasteiger partial charge in [0.15, 0.2) is 0 Å². The highest BCUT2D eigenvalue weighted by atomic mass is 35.5. The molecule has 0 aliphatic rings. The number of carbonyl (C=O) groups is 2. The van der Waals surface area contributed by atoms with Gasteiger partial charge in [0.2, 0.25) is 5.91 Å². The molecule has 0 unspecified atom stereocenters. The molecule has 1 heterocycles. The van der Waals surface area contributed by atoms with Crippen LogP contribution in [0, 0.1) is 0 Å². The Morgan fingerprint density at radius 2 is 1.71 bits per heavy atom. The molecule has 0 atom stereocenters. The molecule has 2 amide bonds. The van der Waals surface area contributed by atoms with E-state index < -0.39 is 0 Å². The van der Waals surface area contributed by atoms with Gasteiger partial charge in [-0.25, -0.2) is 4.68 Å². The van der Waals surface area contributed by atoms with Crippen molar-refractivity contribution in [1.82, 2.24) is 14.7 Å². The van der Waals surface area contributed by atoms with Crippen LogP contribution in [0.25, 0.3) is 5.69 Å². The molecule has 3 rings (SSSR count). The van der Waals surface area contributed by atoms with E-state index in [1.165, 1.54) is 0 Å². The summed E-state index contributed by atoms with van der Waals surface area (Å²) in [5, 5.41) is 8.22. The molecular formula is C27H33ClN4O2. The number of unbranched alkanes of at least 4 members (excludes halogenated alkanes) is 2. The van der Waals surface area contributed by atoms with Gasteiger partial charge >= 0.3 is 0 Å². The monoisotopic (exact) mass is 480 g/mol. The van der Waals surface area contributed by atoms with Crippen LogP contribution >= 0.6 is 11.6 Å². The number of aromatic nitrogens is 2. The number of halogens is 1. The number of para-hydroxylation sites is 1. The third-order valence-electron chi connectivity index (χ3n) is 5.50. The molecular weight excluding hydrogens is 448 g/mol. The van der Waals surface area contributed by atoms with Crippen LogP contribution in [-0.4, -0.2) is 39.6 Å². The van der Waals surface area contributed by atoms with Crippen molar-refractivity contribution >= 4 is 29.2 Å². The summed E-state index contributed by atoms with van der Waals surface area (Å²) >= 11 is 6.43. The Morgan fingerprint density at radius 3 is 2.35 bits per heavy atom. The minimum absolute atomic E-state index is 0.0456. The average molecular weight is 481 g/mol. The zero-order valence-corrected chi connectivity index (χ0v) is 21.1. The van der Waals surface area contributed by atoms with Gasteiger partial charge in [-0.15, -0.1) is 0 Å². The van der Waals surface area contributed by atoms with Gasteiger partial charge in [-0.1, -0.05) is 82.5 Å². The van der Waals surface area contributed by atoms with Crippen molar-refractivity contribution in [2.75, 3.05) is 18.4 Å². The molecule has 180 valence electrons. The number of hydrogen-bond acceptors (Lipinski definition) is 3. The van der Waals surface area contributed by atoms with Gasteiger partial charge < -0.3 is 10.2 Å². The SMILES string of the molecule is CCCCCN(CC(=O)Nc1cc(C(C)(C)C)nn1-c1ccccc1Cl)C(=O)c1ccccc1. The highest BCUT2D eigenvalue weighted by molar-refractivity contribution is 6.32. The molecule has 0 radical (unpaired) electrons. The third-order valence-corrected chi connectivity index (χ3v) is 5.82. The summed E-state index contributed by atoms with van der Waals surface area (Å²) in [7, 11) is 0. The Labute approximate surface area is 206 Å². The molecule has 2 aromatic carbocycles. The topological polar surface area (TPSA) is 67.2 Å². The standard InChI is InChI=1S/C27H33ClN4O2/c1-5-6-12-17-31(26(34)20-13-8-7-9-14-20)19-25(33)29-24-18-23(27(2,3)4)30-32(24)22-16-11-10-15-21(22)28/h7-11,13-16,18H,5-6,12,17,19H2,1-4H3,(H,29,33). The maximum Gasteiger partial charge on any atom is 0.254 e. The van der Waals surface area contributed by atoms with Gasteiger partial charge in [-0.2, -0.15) is 5.10 Å². The number of nitrogens with one attached hydrogen (secondary N) is 1. The van der Waals surface area contributed by atoms with Gasteiger partial charge in [-0.05, 0) is 30.7 Å². The normalized spacial score (nSPS) is 11.3. The van der Waals surface area contributed by atoms with Crippen molar-refractivity contribution in [3.8, 4) is 5.69 Å². The van der Waals surface area contributed by atoms with E-state index >= 15 is 0 Å². The van der Waals surface area contributed by atoms with Gasteiger partial charge in [0.1, 0.15) is 12.4 Å². The summed E-state index contributed by atoms with van der Waals surface area (Å²) in [6, 6.07) is 18.3. The van der Waals surface area contributed by atoms with Crippen LogP contribution in [0.2, 0.25) is 5.02 Å². The molecule has 0 fully saturated rings. The summed E-state index contributed by atoms with van der Waals surface area (Å²) in [4.78, 5) is 27.9. The number of anilines is 1. The summed E-state index contributed by atoms with van der Waals surface area (Å²) in [5.41, 5.74) is 1.85. The second-order valence-corrected chi connectivity index (χ2v) is 9.78. The van der Waals surface area contributed by atoms with Crippen LogP contribution < -0.4 is 5.32 Å². The first-order valence-corrected chi connectivity index (χ1v) is 12.1. The van der Waals surface area contributed by atoms with E-state index in [1.807, 2.05) is 42.5 Å². The van der Waals surface area contributed by atoms with Crippen molar-refractivity contribution in [3.05, 3.63) is 76.9 Å². The Balaban J connectivity index is 1.85. The lowest BCUT2D eigenvalue weighted by atomic mass is 9.92. The Hall–Kier alpha value is -3.12. The van der Waals surface area contributed by atoms with Crippen molar-refractivity contribution < 1.29 is 9.59 Å². The fourth-order valence-corrected chi connectivity index (χ4v) is 3.78. The Kier molecular flexibility index (Phi) is 8.51.